The zero-order chi connectivity index (χ0) is 10.2. The minimum Gasteiger partial charge on any atom is -0.376 e. The van der Waals surface area contributed by atoms with Gasteiger partial charge in [-0.05, 0) is 0 Å². The monoisotopic (exact) mass is 221 g/mol. The topological polar surface area (TPSA) is 69.4 Å². The maximum absolute atomic E-state index is 12.4. The van der Waals surface area contributed by atoms with Crippen molar-refractivity contribution in [2.24, 2.45) is 0 Å². The van der Waals surface area contributed by atoms with E-state index in [2.05, 4.69) is 5.16 Å². The number of nitrogens with zero attached hydrogens (tertiary/aromatic N) is 1. The van der Waals surface area contributed by atoms with Crippen LogP contribution >= 0.6 is 0 Å². The molecule has 5 nitrogen and oxygen atoms in total. The van der Waals surface area contributed by atoms with Gasteiger partial charge in [-0.25, -0.2) is 0 Å². The molecule has 0 bridgehead atoms. The Morgan fingerprint density at radius 2 is 2.29 bits per heavy atom. The average molecular weight is 221 g/mol. The Morgan fingerprint density at radius 3 is 3.00 bits per heavy atom. The molecule has 1 aliphatic rings. The van der Waals surface area contributed by atoms with E-state index >= 15 is 0 Å². The Hall–Kier alpha value is -0.950. The van der Waals surface area contributed by atoms with Gasteiger partial charge in [0.25, 0.3) is 0 Å². The normalized spacial score (nSPS) is 16.6. The number of fused-ring (bicyclic) bond motifs is 1. The molecule has 0 saturated carbocycles. The van der Waals surface area contributed by atoms with Gasteiger partial charge in [0.05, 0.1) is 13.2 Å². The molecule has 0 N–H and O–H groups in total. The molecule has 14 heavy (non-hydrogen) atoms. The van der Waals surface area contributed by atoms with E-state index in [1.165, 1.54) is 0 Å². The molecule has 0 fully saturated rings. The van der Waals surface area contributed by atoms with Gasteiger partial charge in [0.15, 0.2) is 0 Å². The van der Waals surface area contributed by atoms with Crippen molar-refractivity contribution in [1.29, 1.82) is 0 Å². The van der Waals surface area contributed by atoms with Crippen LogP contribution in [0.2, 0.25) is 0 Å². The van der Waals surface area contributed by atoms with Crippen LogP contribution in [0.1, 0.15) is 17.0 Å². The van der Waals surface area contributed by atoms with Crippen LogP contribution in [0.15, 0.2) is 4.52 Å². The summed E-state index contributed by atoms with van der Waals surface area (Å²) in [6, 6.07) is 0. The molecule has 2 rings (SSSR count). The van der Waals surface area contributed by atoms with E-state index in [-0.39, 0.29) is 12.3 Å². The molecule has 0 aromatic carbocycles. The van der Waals surface area contributed by atoms with E-state index in [9.17, 15) is 12.3 Å². The molecule has 0 atom stereocenters. The first-order valence-corrected chi connectivity index (χ1v) is 5.58. The highest BCUT2D eigenvalue weighted by Gasteiger charge is 2.23. The molecule has 0 spiro atoms. The highest BCUT2D eigenvalue weighted by Crippen LogP contribution is 2.22. The zero-order valence-electron chi connectivity index (χ0n) is 7.19. The van der Waals surface area contributed by atoms with Crippen LogP contribution < -0.4 is 0 Å². The van der Waals surface area contributed by atoms with Gasteiger partial charge in [0, 0.05) is 12.0 Å². The van der Waals surface area contributed by atoms with E-state index in [1.807, 2.05) is 0 Å². The molecule has 0 amide bonds. The summed E-state index contributed by atoms with van der Waals surface area (Å²) in [5.41, 5.74) is 0.680. The molecule has 2 heterocycles. The number of rotatable bonds is 2. The summed E-state index contributed by atoms with van der Waals surface area (Å²) < 4.78 is 43.1. The smallest absolute Gasteiger partial charge is 0.308 e. The van der Waals surface area contributed by atoms with Crippen molar-refractivity contribution < 1.29 is 21.6 Å². The lowest BCUT2D eigenvalue weighted by atomic mass is 10.1. The Bertz CT molecular complexity index is 439. The summed E-state index contributed by atoms with van der Waals surface area (Å²) >= 11 is 0. The summed E-state index contributed by atoms with van der Waals surface area (Å²) in [6.45, 7) is 0.758. The van der Waals surface area contributed by atoms with Gasteiger partial charge in [-0.3, -0.25) is 0 Å². The predicted octanol–water partition coefficient (Wildman–Crippen LogP) is 0.547. The minimum absolute atomic E-state index is 0.113. The summed E-state index contributed by atoms with van der Waals surface area (Å²) in [5.74, 6) is -0.148. The van der Waals surface area contributed by atoms with Gasteiger partial charge in [-0.15, -0.1) is 3.89 Å². The predicted molar refractivity (Wildman–Crippen MR) is 43.6 cm³/mol. The number of hydrogen-bond acceptors (Lipinski definition) is 5. The Labute approximate surface area is 80.1 Å². The molecular formula is C7H8FNO4S. The van der Waals surface area contributed by atoms with Crippen molar-refractivity contribution in [1.82, 2.24) is 5.16 Å². The maximum Gasteiger partial charge on any atom is 0.308 e. The first kappa shape index (κ1) is 9.60. The summed E-state index contributed by atoms with van der Waals surface area (Å²) in [5, 5.41) is 3.51. The number of hydrogen-bond donors (Lipinski definition) is 0. The van der Waals surface area contributed by atoms with Crippen LogP contribution in [-0.2, 0) is 33.7 Å². The molecule has 0 unspecified atom stereocenters. The molecule has 0 aliphatic carbocycles. The number of ether oxygens (including phenoxy) is 1. The second kappa shape index (κ2) is 3.32. The van der Waals surface area contributed by atoms with Crippen molar-refractivity contribution in [2.75, 3.05) is 6.61 Å². The number of aromatic nitrogens is 1. The molecular weight excluding hydrogens is 213 g/mol. The van der Waals surface area contributed by atoms with Crippen LogP contribution in [0, 0.1) is 0 Å². The van der Waals surface area contributed by atoms with Gasteiger partial charge in [-0.1, -0.05) is 5.16 Å². The molecule has 1 aliphatic heterocycles. The average Bonchev–Trinajstić information content (AvgIpc) is 2.47. The minimum atomic E-state index is -4.56. The van der Waals surface area contributed by atoms with Crippen molar-refractivity contribution in [2.45, 2.75) is 18.8 Å². The highest BCUT2D eigenvalue weighted by atomic mass is 32.3. The second-order valence-corrected chi connectivity index (χ2v) is 4.38. The molecule has 0 radical (unpaired) electrons. The van der Waals surface area contributed by atoms with E-state index in [4.69, 9.17) is 9.26 Å². The Kier molecular flexibility index (Phi) is 2.28. The van der Waals surface area contributed by atoms with Crippen LogP contribution in [-0.4, -0.2) is 20.2 Å². The van der Waals surface area contributed by atoms with Crippen molar-refractivity contribution in [3.63, 3.8) is 0 Å². The SMILES string of the molecule is O=S(=O)(F)Cc1noc2c1COCC2. The van der Waals surface area contributed by atoms with E-state index in [0.717, 1.165) is 0 Å². The van der Waals surface area contributed by atoms with E-state index in [1.54, 1.807) is 0 Å². The van der Waals surface area contributed by atoms with Crippen molar-refractivity contribution in [3.05, 3.63) is 17.0 Å². The Morgan fingerprint density at radius 1 is 1.50 bits per heavy atom. The fourth-order valence-corrected chi connectivity index (χ4v) is 1.91. The third-order valence-electron chi connectivity index (χ3n) is 1.98. The second-order valence-electron chi connectivity index (χ2n) is 3.02. The van der Waals surface area contributed by atoms with Crippen LogP contribution in [0.3, 0.4) is 0 Å². The quantitative estimate of drug-likeness (QED) is 0.682. The molecule has 78 valence electrons. The molecule has 1 aromatic heterocycles. The van der Waals surface area contributed by atoms with Gasteiger partial charge in [0.1, 0.15) is 17.2 Å². The third-order valence-corrected chi connectivity index (χ3v) is 2.60. The van der Waals surface area contributed by atoms with Crippen LogP contribution in [0.5, 0.6) is 0 Å². The highest BCUT2D eigenvalue weighted by molar-refractivity contribution is 7.85. The first-order valence-electron chi connectivity index (χ1n) is 4.02. The molecule has 0 saturated heterocycles. The van der Waals surface area contributed by atoms with Crippen LogP contribution in [0.4, 0.5) is 3.89 Å². The van der Waals surface area contributed by atoms with Crippen molar-refractivity contribution in [3.8, 4) is 0 Å². The standard InChI is InChI=1S/C7H8FNO4S/c8-14(10,11)4-6-5-3-12-2-1-7(5)13-9-6/h1-4H2. The van der Waals surface area contributed by atoms with Gasteiger partial charge < -0.3 is 9.26 Å². The maximum atomic E-state index is 12.4. The third kappa shape index (κ3) is 1.93. The summed E-state index contributed by atoms with van der Waals surface area (Å²) in [4.78, 5) is 0. The van der Waals surface area contributed by atoms with Gasteiger partial charge >= 0.3 is 10.2 Å². The summed E-state index contributed by atoms with van der Waals surface area (Å²) in [7, 11) is -4.56. The Balaban J connectivity index is 2.31. The van der Waals surface area contributed by atoms with Gasteiger partial charge in [0.2, 0.25) is 0 Å². The first-order chi connectivity index (χ1) is 6.56. The van der Waals surface area contributed by atoms with E-state index in [0.29, 0.717) is 24.4 Å². The van der Waals surface area contributed by atoms with Gasteiger partial charge in [-0.2, -0.15) is 8.42 Å². The lowest BCUT2D eigenvalue weighted by Crippen LogP contribution is -2.10. The zero-order valence-corrected chi connectivity index (χ0v) is 8.01. The van der Waals surface area contributed by atoms with Crippen molar-refractivity contribution >= 4 is 10.2 Å². The largest absolute Gasteiger partial charge is 0.376 e. The lowest BCUT2D eigenvalue weighted by molar-refractivity contribution is 0.102. The van der Waals surface area contributed by atoms with Crippen LogP contribution in [0.25, 0.3) is 0 Å². The summed E-state index contributed by atoms with van der Waals surface area (Å²) in [6.07, 6.45) is 0.550. The molecule has 1 aromatic rings. The lowest BCUT2D eigenvalue weighted by Gasteiger charge is -2.09. The number of halogens is 1. The van der Waals surface area contributed by atoms with E-state index < -0.39 is 16.0 Å². The fourth-order valence-electron chi connectivity index (χ4n) is 1.36. The molecule has 7 heteroatoms. The fraction of sp³-hybridized carbons (Fsp3) is 0.571.